The van der Waals surface area contributed by atoms with Gasteiger partial charge in [-0.05, 0) is 48.9 Å². The Morgan fingerprint density at radius 2 is 1.69 bits per heavy atom. The minimum atomic E-state index is -4.47. The fourth-order valence-corrected chi connectivity index (χ4v) is 5.67. The smallest absolute Gasteiger partial charge is 0.340 e. The third-order valence-corrected chi connectivity index (χ3v) is 7.97. The van der Waals surface area contributed by atoms with Gasteiger partial charge in [-0.25, -0.2) is 17.9 Å². The number of carbonyl (C=O) groups is 1. The van der Waals surface area contributed by atoms with E-state index in [9.17, 15) is 28.1 Å². The van der Waals surface area contributed by atoms with E-state index in [-0.39, 0.29) is 33.6 Å². The van der Waals surface area contributed by atoms with Crippen LogP contribution in [0.4, 0.5) is 11.4 Å². The average Bonchev–Trinajstić information content (AvgIpc) is 3.10. The Morgan fingerprint density at radius 3 is 2.31 bits per heavy atom. The Kier molecular flexibility index (Phi) is 7.82. The monoisotopic (exact) mass is 590 g/mol. The van der Waals surface area contributed by atoms with Gasteiger partial charge in [-0.2, -0.15) is 0 Å². The number of para-hydroxylation sites is 1. The molecule has 0 saturated carbocycles. The summed E-state index contributed by atoms with van der Waals surface area (Å²) in [6.07, 6.45) is 0. The highest BCUT2D eigenvalue weighted by atomic mass is 35.5. The highest BCUT2D eigenvalue weighted by molar-refractivity contribution is 7.92. The van der Waals surface area contributed by atoms with Crippen LogP contribution < -0.4 is 10.3 Å². The van der Waals surface area contributed by atoms with E-state index < -0.39 is 31.4 Å². The number of hydrogen-bond acceptors (Lipinski definition) is 7. The number of esters is 1. The van der Waals surface area contributed by atoms with Crippen LogP contribution in [0.25, 0.3) is 5.69 Å². The molecule has 4 aromatic rings. The molecule has 1 N–H and O–H groups in total. The van der Waals surface area contributed by atoms with Crippen molar-refractivity contribution in [2.45, 2.75) is 18.4 Å². The second kappa shape index (κ2) is 10.9. The van der Waals surface area contributed by atoms with E-state index in [2.05, 4.69) is 4.72 Å². The number of halogens is 2. The lowest BCUT2D eigenvalue weighted by Gasteiger charge is -2.12. The van der Waals surface area contributed by atoms with E-state index in [1.54, 1.807) is 44.3 Å². The Hall–Kier alpha value is -4.13. The van der Waals surface area contributed by atoms with Crippen LogP contribution in [-0.4, -0.2) is 28.7 Å². The van der Waals surface area contributed by atoms with E-state index in [4.69, 9.17) is 27.9 Å². The lowest BCUT2D eigenvalue weighted by atomic mass is 10.2. The van der Waals surface area contributed by atoms with Gasteiger partial charge < -0.3 is 4.74 Å². The standard InChI is InChI=1S/C25H20Cl2N4O7S/c1-15-23(24(32)30(29(15)2)17-6-4-3-5-7-17)28-39(36,37)22-12-19(20(26)13-21(22)27)25(33)38-14-16-8-10-18(11-9-16)31(34)35/h3-13,28H,14H2,1-2H3. The van der Waals surface area contributed by atoms with Crippen molar-refractivity contribution in [2.24, 2.45) is 7.05 Å². The molecule has 0 fully saturated rings. The predicted octanol–water partition coefficient (Wildman–Crippen LogP) is 4.86. The van der Waals surface area contributed by atoms with Crippen molar-refractivity contribution in [3.8, 4) is 5.69 Å². The normalized spacial score (nSPS) is 11.3. The van der Waals surface area contributed by atoms with Gasteiger partial charge in [-0.15, -0.1) is 0 Å². The molecule has 202 valence electrons. The van der Waals surface area contributed by atoms with Gasteiger partial charge in [0.25, 0.3) is 21.3 Å². The van der Waals surface area contributed by atoms with Gasteiger partial charge in [-0.3, -0.25) is 24.3 Å². The molecule has 0 atom stereocenters. The summed E-state index contributed by atoms with van der Waals surface area (Å²) in [6, 6.07) is 16.0. The molecule has 3 aromatic carbocycles. The number of nitrogens with one attached hydrogen (secondary N) is 1. The molecule has 0 aliphatic carbocycles. The Morgan fingerprint density at radius 1 is 1.05 bits per heavy atom. The number of rotatable bonds is 8. The van der Waals surface area contributed by atoms with Gasteiger partial charge >= 0.3 is 5.97 Å². The van der Waals surface area contributed by atoms with Crippen LogP contribution in [-0.2, 0) is 28.4 Å². The van der Waals surface area contributed by atoms with Gasteiger partial charge in [0.05, 0.1) is 31.9 Å². The first-order chi connectivity index (χ1) is 18.4. The number of nitrogens with zero attached hydrogens (tertiary/aromatic N) is 3. The number of nitro groups is 1. The van der Waals surface area contributed by atoms with Gasteiger partial charge in [0, 0.05) is 19.2 Å². The third kappa shape index (κ3) is 5.67. The number of anilines is 1. The number of non-ortho nitro benzene ring substituents is 1. The molecule has 4 rings (SSSR count). The predicted molar refractivity (Wildman–Crippen MR) is 145 cm³/mol. The maximum Gasteiger partial charge on any atom is 0.340 e. The molecule has 0 radical (unpaired) electrons. The molecule has 0 aliphatic heterocycles. The van der Waals surface area contributed by atoms with Crippen molar-refractivity contribution in [2.75, 3.05) is 4.72 Å². The summed E-state index contributed by atoms with van der Waals surface area (Å²) in [5, 5.41) is 10.4. The van der Waals surface area contributed by atoms with Crippen molar-refractivity contribution < 1.29 is 22.9 Å². The molecule has 1 heterocycles. The summed E-state index contributed by atoms with van der Waals surface area (Å²) in [7, 11) is -2.86. The van der Waals surface area contributed by atoms with Gasteiger partial charge in [0.2, 0.25) is 0 Å². The van der Waals surface area contributed by atoms with E-state index >= 15 is 0 Å². The van der Waals surface area contributed by atoms with E-state index in [0.29, 0.717) is 16.9 Å². The maximum absolute atomic E-state index is 13.3. The van der Waals surface area contributed by atoms with E-state index in [1.165, 1.54) is 33.6 Å². The average molecular weight is 591 g/mol. The number of ether oxygens (including phenoxy) is 1. The summed E-state index contributed by atoms with van der Waals surface area (Å²) in [4.78, 5) is 35.6. The molecular weight excluding hydrogens is 571 g/mol. The van der Waals surface area contributed by atoms with E-state index in [0.717, 1.165) is 12.1 Å². The van der Waals surface area contributed by atoms with E-state index in [1.807, 2.05) is 0 Å². The number of hydrogen-bond donors (Lipinski definition) is 1. The lowest BCUT2D eigenvalue weighted by molar-refractivity contribution is -0.384. The van der Waals surface area contributed by atoms with Crippen molar-refractivity contribution >= 4 is 50.6 Å². The SMILES string of the molecule is Cc1c(NS(=O)(=O)c2cc(C(=O)OCc3ccc([N+](=O)[O-])cc3)c(Cl)cc2Cl)c(=O)n(-c2ccccc2)n1C. The molecule has 39 heavy (non-hydrogen) atoms. The molecular formula is C25H20Cl2N4O7S. The molecule has 0 unspecified atom stereocenters. The second-order valence-electron chi connectivity index (χ2n) is 8.30. The van der Waals surface area contributed by atoms with Crippen LogP contribution in [0.3, 0.4) is 0 Å². The van der Waals surface area contributed by atoms with Crippen LogP contribution in [0.5, 0.6) is 0 Å². The highest BCUT2D eigenvalue weighted by Crippen LogP contribution is 2.31. The quantitative estimate of drug-likeness (QED) is 0.175. The molecule has 0 aliphatic rings. The first-order valence-electron chi connectivity index (χ1n) is 11.2. The number of nitro benzene ring substituents is 1. The minimum Gasteiger partial charge on any atom is -0.457 e. The molecule has 1 aromatic heterocycles. The number of sulfonamides is 1. The summed E-state index contributed by atoms with van der Waals surface area (Å²) in [5.74, 6) is -0.950. The zero-order valence-corrected chi connectivity index (χ0v) is 22.7. The van der Waals surface area contributed by atoms with Gasteiger partial charge in [0.15, 0.2) is 0 Å². The topological polar surface area (TPSA) is 143 Å². The van der Waals surface area contributed by atoms with Gasteiger partial charge in [-0.1, -0.05) is 41.4 Å². The largest absolute Gasteiger partial charge is 0.457 e. The van der Waals surface area contributed by atoms with Gasteiger partial charge in [0.1, 0.15) is 17.2 Å². The molecule has 0 saturated heterocycles. The van der Waals surface area contributed by atoms with Crippen molar-refractivity contribution in [3.63, 3.8) is 0 Å². The number of aromatic nitrogens is 2. The summed E-state index contributed by atoms with van der Waals surface area (Å²) < 4.78 is 37.0. The van der Waals surface area contributed by atoms with Crippen LogP contribution in [0.1, 0.15) is 21.6 Å². The summed E-state index contributed by atoms with van der Waals surface area (Å²) in [6.45, 7) is 1.32. The van der Waals surface area contributed by atoms with Crippen molar-refractivity contribution in [3.05, 3.63) is 114 Å². The highest BCUT2D eigenvalue weighted by Gasteiger charge is 2.27. The van der Waals surface area contributed by atoms with Crippen molar-refractivity contribution in [1.82, 2.24) is 9.36 Å². The molecule has 11 nitrogen and oxygen atoms in total. The first kappa shape index (κ1) is 27.9. The first-order valence-corrected chi connectivity index (χ1v) is 13.4. The van der Waals surface area contributed by atoms with Crippen LogP contribution >= 0.6 is 23.2 Å². The molecule has 0 bridgehead atoms. The summed E-state index contributed by atoms with van der Waals surface area (Å²) >= 11 is 12.3. The van der Waals surface area contributed by atoms with Crippen LogP contribution in [0, 0.1) is 17.0 Å². The lowest BCUT2D eigenvalue weighted by Crippen LogP contribution is -2.23. The fourth-order valence-electron chi connectivity index (χ4n) is 3.71. The third-order valence-electron chi connectivity index (χ3n) is 5.84. The summed E-state index contributed by atoms with van der Waals surface area (Å²) in [5.41, 5.74) is 0.101. The molecule has 0 amide bonds. The molecule has 0 spiro atoms. The molecule has 14 heteroatoms. The zero-order valence-electron chi connectivity index (χ0n) is 20.4. The van der Waals surface area contributed by atoms with Crippen molar-refractivity contribution in [1.29, 1.82) is 0 Å². The number of carbonyl (C=O) groups excluding carboxylic acids is 1. The zero-order chi connectivity index (χ0) is 28.5. The van der Waals surface area contributed by atoms with Crippen LogP contribution in [0.15, 0.2) is 76.4 Å². The van der Waals surface area contributed by atoms with Crippen LogP contribution in [0.2, 0.25) is 10.0 Å². The minimum absolute atomic E-state index is 0.127. The Balaban J connectivity index is 1.62. The second-order valence-corrected chi connectivity index (χ2v) is 10.8. The Bertz CT molecular complexity index is 1750. The fraction of sp³-hybridized carbons (Fsp3) is 0.120. The Labute approximate surface area is 232 Å². The maximum atomic E-state index is 13.3. The number of benzene rings is 3.